The van der Waals surface area contributed by atoms with E-state index in [4.69, 9.17) is 0 Å². The van der Waals surface area contributed by atoms with E-state index in [0.29, 0.717) is 6.04 Å². The van der Waals surface area contributed by atoms with Gasteiger partial charge in [-0.15, -0.1) is 22.7 Å². The van der Waals surface area contributed by atoms with Gasteiger partial charge in [0.25, 0.3) is 0 Å². The van der Waals surface area contributed by atoms with Gasteiger partial charge in [0.1, 0.15) is 0 Å². The van der Waals surface area contributed by atoms with Crippen LogP contribution in [0.25, 0.3) is 0 Å². The first-order chi connectivity index (χ1) is 8.61. The summed E-state index contributed by atoms with van der Waals surface area (Å²) in [5, 5.41) is 5.69. The van der Waals surface area contributed by atoms with Gasteiger partial charge in [-0.3, -0.25) is 0 Å². The summed E-state index contributed by atoms with van der Waals surface area (Å²) in [5.41, 5.74) is 1.33. The lowest BCUT2D eigenvalue weighted by molar-refractivity contribution is 0.552. The average Bonchev–Trinajstić information content (AvgIpc) is 2.85. The maximum absolute atomic E-state index is 3.65. The molecule has 18 heavy (non-hydrogen) atoms. The summed E-state index contributed by atoms with van der Waals surface area (Å²) >= 11 is 14.3. The van der Waals surface area contributed by atoms with Crippen molar-refractivity contribution in [3.05, 3.63) is 40.0 Å². The molecule has 0 aliphatic rings. The predicted octanol–water partition coefficient (Wildman–Crippen LogP) is 5.99. The molecule has 0 radical (unpaired) electrons. The molecule has 2 heterocycles. The molecule has 1 unspecified atom stereocenters. The Morgan fingerprint density at radius 3 is 2.61 bits per heavy atom. The lowest BCUT2D eigenvalue weighted by Crippen LogP contribution is -2.22. The molecule has 0 amide bonds. The third-order valence-electron chi connectivity index (χ3n) is 2.59. The fraction of sp³-hybridized carbons (Fsp3) is 0.333. The molecule has 1 atom stereocenters. The van der Waals surface area contributed by atoms with Crippen molar-refractivity contribution < 1.29 is 0 Å². The van der Waals surface area contributed by atoms with Gasteiger partial charge in [0.05, 0.1) is 7.57 Å². The number of halogens is 3. The van der Waals surface area contributed by atoms with Crippen LogP contribution in [0.5, 0.6) is 0 Å². The van der Waals surface area contributed by atoms with Crippen LogP contribution < -0.4 is 5.32 Å². The van der Waals surface area contributed by atoms with E-state index in [0.717, 1.165) is 16.8 Å². The molecule has 0 saturated carbocycles. The maximum atomic E-state index is 3.65. The third kappa shape index (κ3) is 3.67. The molecule has 0 saturated heterocycles. The predicted molar refractivity (Wildman–Crippen MR) is 91.9 cm³/mol. The zero-order chi connectivity index (χ0) is 13.1. The first kappa shape index (κ1) is 15.2. The molecule has 2 aromatic heterocycles. The molecule has 6 heteroatoms. The minimum atomic E-state index is 0.349. The number of hydrogen-bond donors (Lipinski definition) is 1. The third-order valence-corrected chi connectivity index (χ3v) is 6.92. The van der Waals surface area contributed by atoms with Gasteiger partial charge in [-0.2, -0.15) is 0 Å². The fourth-order valence-electron chi connectivity index (χ4n) is 1.79. The smallest absolute Gasteiger partial charge is 0.0758 e. The van der Waals surface area contributed by atoms with E-state index in [1.165, 1.54) is 18.7 Å². The van der Waals surface area contributed by atoms with Crippen LogP contribution in [-0.2, 0) is 6.42 Å². The summed E-state index contributed by atoms with van der Waals surface area (Å²) in [6.07, 6.45) is 1.01. The molecule has 98 valence electrons. The first-order valence-electron chi connectivity index (χ1n) is 5.51. The van der Waals surface area contributed by atoms with Crippen molar-refractivity contribution in [1.29, 1.82) is 0 Å². The lowest BCUT2D eigenvalue weighted by atomic mass is 10.1. The molecular formula is C12H12Br3NS2. The van der Waals surface area contributed by atoms with Gasteiger partial charge in [-0.05, 0) is 77.4 Å². The number of hydrogen-bond acceptors (Lipinski definition) is 3. The molecule has 0 aromatic carbocycles. The van der Waals surface area contributed by atoms with Crippen LogP contribution in [0.3, 0.4) is 0 Å². The van der Waals surface area contributed by atoms with Gasteiger partial charge in [0.15, 0.2) is 0 Å². The zero-order valence-corrected chi connectivity index (χ0v) is 16.1. The van der Waals surface area contributed by atoms with Crippen molar-refractivity contribution in [3.63, 3.8) is 0 Å². The second kappa shape index (κ2) is 6.99. The molecule has 2 rings (SSSR count). The molecule has 0 aliphatic heterocycles. The highest BCUT2D eigenvalue weighted by Gasteiger charge is 2.18. The lowest BCUT2D eigenvalue weighted by Gasteiger charge is -2.17. The van der Waals surface area contributed by atoms with E-state index < -0.39 is 0 Å². The number of rotatable bonds is 5. The van der Waals surface area contributed by atoms with Crippen molar-refractivity contribution in [2.45, 2.75) is 19.4 Å². The minimum Gasteiger partial charge on any atom is -0.310 e. The highest BCUT2D eigenvalue weighted by atomic mass is 79.9. The molecule has 0 spiro atoms. The van der Waals surface area contributed by atoms with Crippen LogP contribution in [0, 0.1) is 0 Å². The molecular weight excluding hydrogens is 462 g/mol. The number of nitrogens with one attached hydrogen (secondary N) is 1. The monoisotopic (exact) mass is 471 g/mol. The largest absolute Gasteiger partial charge is 0.310 e. The second-order valence-corrected chi connectivity index (χ2v) is 9.39. The van der Waals surface area contributed by atoms with Crippen molar-refractivity contribution >= 4 is 70.5 Å². The highest BCUT2D eigenvalue weighted by molar-refractivity contribution is 9.12. The van der Waals surface area contributed by atoms with Crippen molar-refractivity contribution in [1.82, 2.24) is 5.32 Å². The van der Waals surface area contributed by atoms with E-state index in [1.807, 2.05) is 0 Å². The molecule has 1 N–H and O–H groups in total. The summed E-state index contributed by atoms with van der Waals surface area (Å²) in [6, 6.07) is 4.66. The van der Waals surface area contributed by atoms with Crippen molar-refractivity contribution in [2.75, 3.05) is 6.54 Å². The number of thiophene rings is 2. The fourth-order valence-corrected chi connectivity index (χ4v) is 6.32. The second-order valence-electron chi connectivity index (χ2n) is 3.79. The summed E-state index contributed by atoms with van der Waals surface area (Å²) in [7, 11) is 0. The topological polar surface area (TPSA) is 12.0 Å². The van der Waals surface area contributed by atoms with E-state index >= 15 is 0 Å². The first-order valence-corrected chi connectivity index (χ1v) is 9.59. The molecule has 2 aromatic rings. The highest BCUT2D eigenvalue weighted by Crippen LogP contribution is 2.38. The molecule has 0 aliphatic carbocycles. The number of likely N-dealkylation sites (N-methyl/N-ethyl adjacent to an activating group) is 1. The Bertz CT molecular complexity index is 521. The van der Waals surface area contributed by atoms with Crippen LogP contribution in [-0.4, -0.2) is 6.54 Å². The zero-order valence-electron chi connectivity index (χ0n) is 9.67. The quantitative estimate of drug-likeness (QED) is 0.562. The Morgan fingerprint density at radius 1 is 1.33 bits per heavy atom. The van der Waals surface area contributed by atoms with Crippen LogP contribution in [0.15, 0.2) is 29.6 Å². The Hall–Kier alpha value is 0.800. The van der Waals surface area contributed by atoms with Crippen LogP contribution in [0.2, 0.25) is 0 Å². The molecule has 0 fully saturated rings. The SMILES string of the molecule is CCNC(Cc1sccc1Br)c1cc(Br)sc1Br. The Balaban J connectivity index is 2.23. The van der Waals surface area contributed by atoms with Crippen LogP contribution in [0.1, 0.15) is 23.4 Å². The summed E-state index contributed by atoms with van der Waals surface area (Å²) < 4.78 is 3.58. The van der Waals surface area contributed by atoms with E-state index in [-0.39, 0.29) is 0 Å². The summed E-state index contributed by atoms with van der Waals surface area (Å²) in [4.78, 5) is 1.38. The van der Waals surface area contributed by atoms with E-state index in [1.54, 1.807) is 22.7 Å². The summed E-state index contributed by atoms with van der Waals surface area (Å²) in [5.74, 6) is 0. The summed E-state index contributed by atoms with van der Waals surface area (Å²) in [6.45, 7) is 3.11. The van der Waals surface area contributed by atoms with Gasteiger partial charge >= 0.3 is 0 Å². The Kier molecular flexibility index (Phi) is 5.90. The van der Waals surface area contributed by atoms with Gasteiger partial charge < -0.3 is 5.32 Å². The van der Waals surface area contributed by atoms with E-state index in [9.17, 15) is 0 Å². The molecule has 0 bridgehead atoms. The maximum Gasteiger partial charge on any atom is 0.0758 e. The van der Waals surface area contributed by atoms with Crippen molar-refractivity contribution in [2.24, 2.45) is 0 Å². The van der Waals surface area contributed by atoms with Crippen molar-refractivity contribution in [3.8, 4) is 0 Å². The average molecular weight is 474 g/mol. The normalized spacial score (nSPS) is 12.9. The Labute approximate surface area is 140 Å². The Morgan fingerprint density at radius 2 is 2.11 bits per heavy atom. The van der Waals surface area contributed by atoms with Gasteiger partial charge in [0.2, 0.25) is 0 Å². The van der Waals surface area contributed by atoms with Gasteiger partial charge in [0, 0.05) is 21.8 Å². The van der Waals surface area contributed by atoms with Crippen LogP contribution >= 0.6 is 70.5 Å². The standard InChI is InChI=1S/C12H12Br3NS2/c1-2-16-9(6-10-8(13)3-4-17-10)7-5-11(14)18-12(7)15/h3-5,9,16H,2,6H2,1H3. The van der Waals surface area contributed by atoms with Gasteiger partial charge in [-0.1, -0.05) is 6.92 Å². The van der Waals surface area contributed by atoms with E-state index in [2.05, 4.69) is 77.5 Å². The van der Waals surface area contributed by atoms with Gasteiger partial charge in [-0.25, -0.2) is 0 Å². The minimum absolute atomic E-state index is 0.349. The van der Waals surface area contributed by atoms with Crippen LogP contribution in [0.4, 0.5) is 0 Å². The molecule has 1 nitrogen and oxygen atoms in total.